The van der Waals surface area contributed by atoms with Crippen LogP contribution >= 0.6 is 11.6 Å². The molecule has 0 amide bonds. The van der Waals surface area contributed by atoms with E-state index < -0.39 is 42.3 Å². The van der Waals surface area contributed by atoms with Crippen LogP contribution in [0, 0.1) is 0 Å². The molecule has 1 aliphatic heterocycles. The van der Waals surface area contributed by atoms with Gasteiger partial charge in [0, 0.05) is 27.2 Å². The molecule has 0 aromatic rings. The summed E-state index contributed by atoms with van der Waals surface area (Å²) in [6.07, 6.45) is -4.01. The molecule has 0 bridgehead atoms. The predicted molar refractivity (Wildman–Crippen MR) is 76.1 cm³/mol. The zero-order valence-corrected chi connectivity index (χ0v) is 13.6. The molecule has 130 valence electrons. The molecule has 0 saturated carbocycles. The number of hydrogen-bond acceptors (Lipinski definition) is 9. The quantitative estimate of drug-likeness (QED) is 0.251. The summed E-state index contributed by atoms with van der Waals surface area (Å²) in [5, 5.41) is 11.3. The van der Waals surface area contributed by atoms with Crippen LogP contribution in [0.1, 0.15) is 27.2 Å². The molecule has 1 aliphatic rings. The number of nitrogens with zero attached hydrogens (tertiary/aromatic N) is 1. The molecular weight excluding hydrogens is 334 g/mol. The molecule has 0 unspecified atom stereocenters. The molecule has 0 aliphatic carbocycles. The first-order chi connectivity index (χ1) is 10.7. The molecular formula is C13H18ClNO8. The lowest BCUT2D eigenvalue weighted by Gasteiger charge is -2.40. The zero-order valence-electron chi connectivity index (χ0n) is 12.9. The van der Waals surface area contributed by atoms with E-state index in [4.69, 9.17) is 35.8 Å². The Balaban J connectivity index is 3.05. The lowest BCUT2D eigenvalue weighted by Crippen LogP contribution is -2.57. The number of ether oxygens (including phenoxy) is 4. The summed E-state index contributed by atoms with van der Waals surface area (Å²) in [5.74, 6) is -1.90. The largest absolute Gasteiger partial charge is 0.456 e. The number of carbonyl (C=O) groups excluding carboxylic acids is 3. The van der Waals surface area contributed by atoms with Crippen LogP contribution in [0.3, 0.4) is 0 Å². The number of rotatable bonds is 5. The molecule has 4 atom stereocenters. The Morgan fingerprint density at radius 3 is 2.09 bits per heavy atom. The summed E-state index contributed by atoms with van der Waals surface area (Å²) < 4.78 is 20.8. The Kier molecular flexibility index (Phi) is 7.24. The molecule has 10 heteroatoms. The third-order valence-corrected chi connectivity index (χ3v) is 3.16. The van der Waals surface area contributed by atoms with Crippen molar-refractivity contribution in [2.75, 3.05) is 6.61 Å². The lowest BCUT2D eigenvalue weighted by molar-refractivity contribution is -0.224. The van der Waals surface area contributed by atoms with Gasteiger partial charge in [0.05, 0.1) is 6.61 Å². The molecule has 0 radical (unpaired) electrons. The van der Waals surface area contributed by atoms with Gasteiger partial charge in [0.15, 0.2) is 18.3 Å². The smallest absolute Gasteiger partial charge is 0.303 e. The van der Waals surface area contributed by atoms with Crippen molar-refractivity contribution in [3.05, 3.63) is 0 Å². The minimum atomic E-state index is -1.08. The van der Waals surface area contributed by atoms with Crippen LogP contribution in [-0.2, 0) is 33.3 Å². The van der Waals surface area contributed by atoms with E-state index >= 15 is 0 Å². The first-order valence-corrected chi connectivity index (χ1v) is 7.12. The van der Waals surface area contributed by atoms with Gasteiger partial charge in [0.2, 0.25) is 0 Å². The standard InChI is InChI=1S/C13H18ClNO8/c1-6(16)21-10-5-20-9(4-11(14)15-19)12(22-7(2)17)13(10)23-8(3)18/h9-10,12-13,19H,4-5H2,1-3H3/b15-11-/t9-,10-,12+,13+/m1/s1. The number of halogens is 1. The average molecular weight is 352 g/mol. The lowest BCUT2D eigenvalue weighted by atomic mass is 9.97. The maximum absolute atomic E-state index is 11.3. The van der Waals surface area contributed by atoms with Gasteiger partial charge in [-0.25, -0.2) is 0 Å². The maximum Gasteiger partial charge on any atom is 0.303 e. The van der Waals surface area contributed by atoms with Gasteiger partial charge < -0.3 is 24.2 Å². The fourth-order valence-corrected chi connectivity index (χ4v) is 2.35. The first kappa shape index (κ1) is 19.2. The summed E-state index contributed by atoms with van der Waals surface area (Å²) in [5.41, 5.74) is 0. The highest BCUT2D eigenvalue weighted by molar-refractivity contribution is 6.65. The van der Waals surface area contributed by atoms with Crippen molar-refractivity contribution in [1.82, 2.24) is 0 Å². The fraction of sp³-hybridized carbons (Fsp3) is 0.692. The minimum Gasteiger partial charge on any atom is -0.456 e. The summed E-state index contributed by atoms with van der Waals surface area (Å²) in [4.78, 5) is 33.8. The van der Waals surface area contributed by atoms with Crippen LogP contribution in [0.25, 0.3) is 0 Å². The van der Waals surface area contributed by atoms with E-state index in [9.17, 15) is 14.4 Å². The number of oxime groups is 1. The predicted octanol–water partition coefficient (Wildman–Crippen LogP) is 0.597. The van der Waals surface area contributed by atoms with Crippen molar-refractivity contribution in [3.8, 4) is 0 Å². The summed E-state index contributed by atoms with van der Waals surface area (Å²) >= 11 is 5.66. The van der Waals surface area contributed by atoms with Crippen molar-refractivity contribution < 1.29 is 38.5 Å². The molecule has 1 heterocycles. The molecule has 1 fully saturated rings. The van der Waals surface area contributed by atoms with Gasteiger partial charge in [-0.3, -0.25) is 14.4 Å². The van der Waals surface area contributed by atoms with E-state index in [0.717, 1.165) is 0 Å². The van der Waals surface area contributed by atoms with Gasteiger partial charge in [-0.1, -0.05) is 16.8 Å². The van der Waals surface area contributed by atoms with Crippen molar-refractivity contribution in [2.45, 2.75) is 51.6 Å². The van der Waals surface area contributed by atoms with Gasteiger partial charge in [-0.15, -0.1) is 0 Å². The second kappa shape index (κ2) is 8.68. The van der Waals surface area contributed by atoms with Gasteiger partial charge in [0.1, 0.15) is 11.3 Å². The van der Waals surface area contributed by atoms with E-state index in [1.165, 1.54) is 20.8 Å². The zero-order chi connectivity index (χ0) is 17.6. The van der Waals surface area contributed by atoms with E-state index in [0.29, 0.717) is 0 Å². The fourth-order valence-electron chi connectivity index (χ4n) is 2.20. The van der Waals surface area contributed by atoms with Gasteiger partial charge >= 0.3 is 17.9 Å². The number of carbonyl (C=O) groups is 3. The molecule has 9 nitrogen and oxygen atoms in total. The van der Waals surface area contributed by atoms with Crippen molar-refractivity contribution in [2.24, 2.45) is 5.16 Å². The van der Waals surface area contributed by atoms with Gasteiger partial charge in [-0.05, 0) is 0 Å². The van der Waals surface area contributed by atoms with Gasteiger partial charge in [-0.2, -0.15) is 0 Å². The second-order valence-electron chi connectivity index (χ2n) is 4.85. The van der Waals surface area contributed by atoms with Crippen molar-refractivity contribution >= 4 is 34.7 Å². The minimum absolute atomic E-state index is 0.0828. The topological polar surface area (TPSA) is 121 Å². The normalized spacial score (nSPS) is 27.9. The highest BCUT2D eigenvalue weighted by Crippen LogP contribution is 2.26. The number of hydrogen-bond donors (Lipinski definition) is 1. The van der Waals surface area contributed by atoms with Crippen LogP contribution < -0.4 is 0 Å². The van der Waals surface area contributed by atoms with E-state index in [2.05, 4.69) is 5.16 Å². The first-order valence-electron chi connectivity index (χ1n) is 6.74. The van der Waals surface area contributed by atoms with E-state index in [1.54, 1.807) is 0 Å². The van der Waals surface area contributed by atoms with Crippen LogP contribution in [0.15, 0.2) is 5.16 Å². The van der Waals surface area contributed by atoms with Crippen LogP contribution in [-0.4, -0.2) is 59.3 Å². The number of esters is 3. The highest BCUT2D eigenvalue weighted by Gasteiger charge is 2.46. The summed E-state index contributed by atoms with van der Waals surface area (Å²) in [7, 11) is 0. The molecule has 0 aromatic heterocycles. The third kappa shape index (κ3) is 6.03. The monoisotopic (exact) mass is 351 g/mol. The SMILES string of the molecule is CC(=O)O[C@@H]1[C@@H](OC(C)=O)[C@H](OC(C)=O)CO[C@@H]1C/C(Cl)=N/O. The molecule has 0 aromatic carbocycles. The summed E-state index contributed by atoms with van der Waals surface area (Å²) in [6, 6.07) is 0. The van der Waals surface area contributed by atoms with Crippen molar-refractivity contribution in [1.29, 1.82) is 0 Å². The third-order valence-electron chi connectivity index (χ3n) is 2.93. The highest BCUT2D eigenvalue weighted by atomic mass is 35.5. The maximum atomic E-state index is 11.3. The Morgan fingerprint density at radius 1 is 1.09 bits per heavy atom. The van der Waals surface area contributed by atoms with E-state index in [1.807, 2.05) is 0 Å². The summed E-state index contributed by atoms with van der Waals surface area (Å²) in [6.45, 7) is 3.42. The molecule has 1 N–H and O–H groups in total. The van der Waals surface area contributed by atoms with Crippen LogP contribution in [0.4, 0.5) is 0 Å². The van der Waals surface area contributed by atoms with Gasteiger partial charge in [0.25, 0.3) is 0 Å². The Bertz CT molecular complexity index is 494. The average Bonchev–Trinajstić information content (AvgIpc) is 2.43. The Hall–Kier alpha value is -1.87. The Labute approximate surface area is 137 Å². The molecule has 1 rings (SSSR count). The second-order valence-corrected chi connectivity index (χ2v) is 5.28. The van der Waals surface area contributed by atoms with E-state index in [-0.39, 0.29) is 18.2 Å². The molecule has 23 heavy (non-hydrogen) atoms. The van der Waals surface area contributed by atoms with Crippen LogP contribution in [0.2, 0.25) is 0 Å². The van der Waals surface area contributed by atoms with Crippen LogP contribution in [0.5, 0.6) is 0 Å². The molecule has 1 saturated heterocycles. The molecule has 0 spiro atoms. The van der Waals surface area contributed by atoms with Crippen molar-refractivity contribution in [3.63, 3.8) is 0 Å². The Morgan fingerprint density at radius 2 is 1.61 bits per heavy atom.